The summed E-state index contributed by atoms with van der Waals surface area (Å²) in [5, 5.41) is 24.5. The van der Waals surface area contributed by atoms with Gasteiger partial charge in [0.2, 0.25) is 5.69 Å². The minimum atomic E-state index is -2.80. The largest absolute Gasteiger partial charge is 0.618 e. The highest BCUT2D eigenvalue weighted by atomic mass is 35.5. The quantitative estimate of drug-likeness (QED) is 0.219. The number of aromatic nitrogens is 5. The number of tetrazole rings is 1. The van der Waals surface area contributed by atoms with Crippen LogP contribution in [0.3, 0.4) is 0 Å². The maximum atomic E-state index is 16.1. The van der Waals surface area contributed by atoms with E-state index in [1.165, 1.54) is 48.3 Å². The Bertz CT molecular complexity index is 1490. The van der Waals surface area contributed by atoms with Gasteiger partial charge in [-0.05, 0) is 47.2 Å². The molecule has 0 radical (unpaired) electrons. The van der Waals surface area contributed by atoms with Crippen molar-refractivity contribution in [3.8, 4) is 16.8 Å². The Labute approximate surface area is 208 Å². The average molecular weight is 510 g/mol. The number of pyridine rings is 1. The first kappa shape index (κ1) is 23.7. The molecule has 1 aliphatic rings. The maximum Gasteiger partial charge on any atom is 0.256 e. The predicted molar refractivity (Wildman–Crippen MR) is 125 cm³/mol. The highest BCUT2D eigenvalue weighted by molar-refractivity contribution is 6.31. The molecule has 36 heavy (non-hydrogen) atoms. The Hall–Kier alpha value is -4.05. The zero-order valence-electron chi connectivity index (χ0n) is 18.9. The Morgan fingerprint density at radius 1 is 1.22 bits per heavy atom. The van der Waals surface area contributed by atoms with Crippen molar-refractivity contribution < 1.29 is 23.1 Å². The lowest BCUT2D eigenvalue weighted by Gasteiger charge is -2.18. The number of hydrogen-bond acceptors (Lipinski definition) is 6. The smallest absolute Gasteiger partial charge is 0.256 e. The fraction of sp³-hybridized carbons (Fsp3) is 0.200. The number of benzene rings is 2. The Morgan fingerprint density at radius 2 is 1.97 bits per heavy atom. The number of halogens is 3. The van der Waals surface area contributed by atoms with Crippen molar-refractivity contribution in [1.82, 2.24) is 20.2 Å². The lowest BCUT2D eigenvalue weighted by Crippen LogP contribution is -2.43. The zero-order valence-corrected chi connectivity index (χ0v) is 19.6. The van der Waals surface area contributed by atoms with E-state index in [2.05, 4.69) is 15.5 Å². The minimum absolute atomic E-state index is 0.147. The molecule has 0 fully saturated rings. The molecule has 2 unspecified atom stereocenters. The van der Waals surface area contributed by atoms with Crippen LogP contribution in [0.4, 0.5) is 8.78 Å². The van der Waals surface area contributed by atoms with Crippen LogP contribution in [0.25, 0.3) is 16.8 Å². The molecule has 1 aliphatic carbocycles. The van der Waals surface area contributed by atoms with Gasteiger partial charge in [0.15, 0.2) is 17.8 Å². The van der Waals surface area contributed by atoms with E-state index in [1.807, 2.05) is 0 Å². The number of ketones is 2. The summed E-state index contributed by atoms with van der Waals surface area (Å²) in [7, 11) is 0. The number of Topliss-reactive ketones (excluding diaryl/α,β-unsaturated/α-hetero) is 2. The summed E-state index contributed by atoms with van der Waals surface area (Å²) >= 11 is 6.16. The molecule has 0 aliphatic heterocycles. The van der Waals surface area contributed by atoms with Gasteiger partial charge in [-0.1, -0.05) is 35.9 Å². The summed E-state index contributed by atoms with van der Waals surface area (Å²) in [6.45, 7) is 1.41. The Balaban J connectivity index is 1.53. The lowest BCUT2D eigenvalue weighted by molar-refractivity contribution is -0.618. The number of fused-ring (bicyclic) bond motifs is 1. The second-order valence-corrected chi connectivity index (χ2v) is 9.04. The van der Waals surface area contributed by atoms with E-state index >= 15 is 8.78 Å². The lowest BCUT2D eigenvalue weighted by atomic mass is 9.91. The second kappa shape index (κ2) is 8.87. The van der Waals surface area contributed by atoms with E-state index in [-0.39, 0.29) is 28.1 Å². The van der Waals surface area contributed by atoms with Crippen LogP contribution in [-0.4, -0.2) is 31.8 Å². The monoisotopic (exact) mass is 509 g/mol. The molecule has 0 spiro atoms. The van der Waals surface area contributed by atoms with E-state index in [0.717, 1.165) is 6.20 Å². The topological polar surface area (TPSA) is 105 Å². The first-order valence-corrected chi connectivity index (χ1v) is 11.3. The van der Waals surface area contributed by atoms with Crippen molar-refractivity contribution >= 4 is 23.2 Å². The summed E-state index contributed by atoms with van der Waals surface area (Å²) in [5.41, 5.74) is -1.52. The predicted octanol–water partition coefficient (Wildman–Crippen LogP) is 4.21. The van der Waals surface area contributed by atoms with Gasteiger partial charge in [0.1, 0.15) is 12.5 Å². The maximum absolute atomic E-state index is 16.1. The molecule has 2 aromatic carbocycles. The van der Waals surface area contributed by atoms with Gasteiger partial charge in [0.25, 0.3) is 5.67 Å². The van der Waals surface area contributed by atoms with Crippen molar-refractivity contribution in [3.05, 3.63) is 93.7 Å². The first-order chi connectivity index (χ1) is 17.2. The molecule has 182 valence electrons. The molecule has 4 aromatic rings. The van der Waals surface area contributed by atoms with E-state index in [9.17, 15) is 14.8 Å². The van der Waals surface area contributed by atoms with Crippen LogP contribution in [0, 0.1) is 5.21 Å². The minimum Gasteiger partial charge on any atom is -0.618 e. The van der Waals surface area contributed by atoms with Gasteiger partial charge in [0.05, 0.1) is 11.3 Å². The van der Waals surface area contributed by atoms with Crippen LogP contribution in [-0.2, 0) is 16.9 Å². The standard InChI is InChI=1S/C25H18ClF2N5O3/c1-14(34)16-4-2-15(3-5-16)8-23(35)25(28)11-21(27)20-9-17(12-33(36)24(20)25)19-10-18(26)6-7-22(19)32-13-29-30-31-32/h2-7,9-10,12-13,21H,8,11H2,1H3. The molecule has 0 saturated heterocycles. The van der Waals surface area contributed by atoms with Crippen LogP contribution in [0.5, 0.6) is 0 Å². The molecule has 11 heteroatoms. The normalized spacial score (nSPS) is 18.7. The SMILES string of the molecule is CC(=O)c1ccc(CC(=O)C2(F)CC(F)c3cc(-c4cc(Cl)ccc4-n4cnnn4)c[n+]([O-])c32)cc1. The molecule has 0 N–H and O–H groups in total. The van der Waals surface area contributed by atoms with Crippen molar-refractivity contribution in [2.75, 3.05) is 0 Å². The third kappa shape index (κ3) is 4.03. The number of rotatable bonds is 6. The summed E-state index contributed by atoms with van der Waals surface area (Å²) in [6.07, 6.45) is -0.601. The molecular weight excluding hydrogens is 492 g/mol. The third-order valence-corrected chi connectivity index (χ3v) is 6.50. The zero-order chi connectivity index (χ0) is 25.6. The van der Waals surface area contributed by atoms with Gasteiger partial charge in [0, 0.05) is 34.6 Å². The van der Waals surface area contributed by atoms with Gasteiger partial charge in [-0.2, -0.15) is 9.41 Å². The molecule has 5 rings (SSSR count). The Morgan fingerprint density at radius 3 is 2.64 bits per heavy atom. The fourth-order valence-corrected chi connectivity index (χ4v) is 4.65. The van der Waals surface area contributed by atoms with Gasteiger partial charge in [-0.15, -0.1) is 5.10 Å². The molecule has 0 amide bonds. The summed E-state index contributed by atoms with van der Waals surface area (Å²) in [6, 6.07) is 12.3. The van der Waals surface area contributed by atoms with E-state index in [4.69, 9.17) is 11.6 Å². The second-order valence-electron chi connectivity index (χ2n) is 8.60. The molecular formula is C25H18ClF2N5O3. The molecule has 2 heterocycles. The van der Waals surface area contributed by atoms with Crippen molar-refractivity contribution in [2.45, 2.75) is 31.6 Å². The highest BCUT2D eigenvalue weighted by Crippen LogP contribution is 2.48. The summed E-state index contributed by atoms with van der Waals surface area (Å²) in [5.74, 6) is -1.08. The number of alkyl halides is 2. The number of carbonyl (C=O) groups excluding carboxylic acids is 2. The molecule has 0 bridgehead atoms. The van der Waals surface area contributed by atoms with E-state index < -0.39 is 29.7 Å². The van der Waals surface area contributed by atoms with Crippen LogP contribution in [0.15, 0.2) is 61.1 Å². The van der Waals surface area contributed by atoms with Crippen LogP contribution in [0.1, 0.15) is 46.7 Å². The van der Waals surface area contributed by atoms with Gasteiger partial charge in [-0.3, -0.25) is 9.59 Å². The van der Waals surface area contributed by atoms with Crippen LogP contribution >= 0.6 is 11.6 Å². The van der Waals surface area contributed by atoms with Crippen molar-refractivity contribution in [1.29, 1.82) is 0 Å². The summed E-state index contributed by atoms with van der Waals surface area (Å²) in [4.78, 5) is 24.5. The van der Waals surface area contributed by atoms with Crippen LogP contribution in [0.2, 0.25) is 5.02 Å². The average Bonchev–Trinajstić information content (AvgIpc) is 3.46. The fourth-order valence-electron chi connectivity index (χ4n) is 4.47. The molecule has 8 nitrogen and oxygen atoms in total. The van der Waals surface area contributed by atoms with Crippen molar-refractivity contribution in [2.24, 2.45) is 0 Å². The highest BCUT2D eigenvalue weighted by Gasteiger charge is 2.56. The number of nitrogens with zero attached hydrogens (tertiary/aromatic N) is 5. The van der Waals surface area contributed by atoms with E-state index in [1.54, 1.807) is 18.2 Å². The van der Waals surface area contributed by atoms with Gasteiger partial charge < -0.3 is 5.21 Å². The molecule has 2 atom stereocenters. The third-order valence-electron chi connectivity index (χ3n) is 6.27. The molecule has 2 aromatic heterocycles. The van der Waals surface area contributed by atoms with Crippen molar-refractivity contribution in [3.63, 3.8) is 0 Å². The van der Waals surface area contributed by atoms with Gasteiger partial charge >= 0.3 is 0 Å². The molecule has 0 saturated carbocycles. The number of carbonyl (C=O) groups is 2. The van der Waals surface area contributed by atoms with Gasteiger partial charge in [-0.25, -0.2) is 8.78 Å². The number of hydrogen-bond donors (Lipinski definition) is 0. The summed E-state index contributed by atoms with van der Waals surface area (Å²) < 4.78 is 32.8. The van der Waals surface area contributed by atoms with Crippen LogP contribution < -0.4 is 4.73 Å². The Kier molecular flexibility index (Phi) is 5.83. The first-order valence-electron chi connectivity index (χ1n) is 10.9. The van der Waals surface area contributed by atoms with E-state index in [0.29, 0.717) is 27.4 Å².